The first-order chi connectivity index (χ1) is 9.03. The average Bonchev–Trinajstić information content (AvgIpc) is 2.33. The number of carbonyl (C=O) groups is 2. The highest BCUT2D eigenvalue weighted by Gasteiger charge is 2.35. The Morgan fingerprint density at radius 3 is 2.25 bits per heavy atom. The third-order valence-corrected chi connectivity index (χ3v) is 2.34. The lowest BCUT2D eigenvalue weighted by Gasteiger charge is -2.18. The van der Waals surface area contributed by atoms with Gasteiger partial charge in [0.05, 0.1) is 11.1 Å². The Hall–Kier alpha value is -2.12. The number of rotatable bonds is 1. The molecule has 0 aliphatic carbocycles. The lowest BCUT2D eigenvalue weighted by atomic mass is 9.96. The highest BCUT2D eigenvalue weighted by molar-refractivity contribution is 5.97. The maximum Gasteiger partial charge on any atom is 0.417 e. The van der Waals surface area contributed by atoms with Crippen LogP contribution in [0, 0.1) is 5.41 Å². The molecule has 110 valence electrons. The predicted molar refractivity (Wildman–Crippen MR) is 64.3 cm³/mol. The van der Waals surface area contributed by atoms with Crippen molar-refractivity contribution in [1.82, 2.24) is 15.8 Å². The van der Waals surface area contributed by atoms with E-state index < -0.39 is 34.5 Å². The number of carbonyl (C=O) groups excluding carboxylic acids is 2. The Bertz CT molecular complexity index is 521. The molecule has 20 heavy (non-hydrogen) atoms. The first-order valence-corrected chi connectivity index (χ1v) is 5.65. The van der Waals surface area contributed by atoms with Crippen molar-refractivity contribution in [1.29, 1.82) is 0 Å². The van der Waals surface area contributed by atoms with Crippen LogP contribution >= 0.6 is 0 Å². The van der Waals surface area contributed by atoms with Crippen molar-refractivity contribution in [3.63, 3.8) is 0 Å². The Balaban J connectivity index is 2.87. The van der Waals surface area contributed by atoms with E-state index in [1.54, 1.807) is 20.8 Å². The van der Waals surface area contributed by atoms with E-state index >= 15 is 0 Å². The van der Waals surface area contributed by atoms with Crippen LogP contribution in [0.4, 0.5) is 13.2 Å². The third-order valence-electron chi connectivity index (χ3n) is 2.34. The number of pyridine rings is 1. The first-order valence-electron chi connectivity index (χ1n) is 5.65. The fourth-order valence-electron chi connectivity index (χ4n) is 1.19. The molecule has 0 fully saturated rings. The molecule has 0 spiro atoms. The molecule has 0 aromatic carbocycles. The Morgan fingerprint density at radius 2 is 1.75 bits per heavy atom. The summed E-state index contributed by atoms with van der Waals surface area (Å²) in [6.45, 7) is 4.79. The van der Waals surface area contributed by atoms with Crippen LogP contribution in [-0.4, -0.2) is 16.8 Å². The van der Waals surface area contributed by atoms with E-state index in [0.29, 0.717) is 6.07 Å². The van der Waals surface area contributed by atoms with E-state index in [9.17, 15) is 22.8 Å². The summed E-state index contributed by atoms with van der Waals surface area (Å²) in [5, 5.41) is 0. The summed E-state index contributed by atoms with van der Waals surface area (Å²) in [7, 11) is 0. The summed E-state index contributed by atoms with van der Waals surface area (Å²) in [5.74, 6) is -1.61. The van der Waals surface area contributed by atoms with E-state index in [2.05, 4.69) is 10.4 Å². The van der Waals surface area contributed by atoms with Crippen LogP contribution < -0.4 is 10.9 Å². The summed E-state index contributed by atoms with van der Waals surface area (Å²) >= 11 is 0. The first kappa shape index (κ1) is 15.9. The Morgan fingerprint density at radius 1 is 1.15 bits per heavy atom. The van der Waals surface area contributed by atoms with Crippen molar-refractivity contribution in [2.75, 3.05) is 0 Å². The molecule has 0 saturated heterocycles. The summed E-state index contributed by atoms with van der Waals surface area (Å²) in [6.07, 6.45) is -2.95. The molecular weight excluding hydrogens is 275 g/mol. The minimum atomic E-state index is -4.68. The molecule has 0 aliphatic heterocycles. The van der Waals surface area contributed by atoms with Crippen molar-refractivity contribution >= 4 is 11.8 Å². The zero-order valence-electron chi connectivity index (χ0n) is 11.1. The van der Waals surface area contributed by atoms with Gasteiger partial charge < -0.3 is 0 Å². The maximum atomic E-state index is 12.7. The van der Waals surface area contributed by atoms with Crippen LogP contribution in [0.1, 0.15) is 36.7 Å². The van der Waals surface area contributed by atoms with Crippen LogP contribution in [0.2, 0.25) is 0 Å². The standard InChI is InChI=1S/C12H14F3N3O2/c1-11(2,3)10(20)18-17-9(19)7-6-16-5-4-8(7)12(13,14)15/h4-6H,1-3H3,(H,17,19)(H,18,20). The maximum absolute atomic E-state index is 12.7. The molecule has 8 heteroatoms. The molecule has 0 aliphatic rings. The molecular formula is C12H14F3N3O2. The highest BCUT2D eigenvalue weighted by atomic mass is 19.4. The van der Waals surface area contributed by atoms with E-state index in [0.717, 1.165) is 12.4 Å². The molecule has 0 radical (unpaired) electrons. The van der Waals surface area contributed by atoms with Gasteiger partial charge in [-0.05, 0) is 6.07 Å². The van der Waals surface area contributed by atoms with Crippen molar-refractivity contribution in [2.24, 2.45) is 5.41 Å². The minimum absolute atomic E-state index is 0.525. The van der Waals surface area contributed by atoms with Gasteiger partial charge in [-0.15, -0.1) is 0 Å². The Labute approximate surface area is 113 Å². The fraction of sp³-hybridized carbons (Fsp3) is 0.417. The average molecular weight is 289 g/mol. The molecule has 0 atom stereocenters. The molecule has 1 heterocycles. The normalized spacial score (nSPS) is 11.9. The van der Waals surface area contributed by atoms with Gasteiger partial charge in [-0.2, -0.15) is 13.2 Å². The lowest BCUT2D eigenvalue weighted by Crippen LogP contribution is -2.47. The van der Waals surface area contributed by atoms with Crippen molar-refractivity contribution in [2.45, 2.75) is 26.9 Å². The van der Waals surface area contributed by atoms with Gasteiger partial charge in [0.25, 0.3) is 5.91 Å². The van der Waals surface area contributed by atoms with Gasteiger partial charge in [-0.3, -0.25) is 25.4 Å². The molecule has 1 rings (SSSR count). The van der Waals surface area contributed by atoms with Crippen molar-refractivity contribution in [3.05, 3.63) is 29.6 Å². The minimum Gasteiger partial charge on any atom is -0.273 e. The molecule has 5 nitrogen and oxygen atoms in total. The van der Waals surface area contributed by atoms with Gasteiger partial charge in [0.2, 0.25) is 5.91 Å². The van der Waals surface area contributed by atoms with Crippen molar-refractivity contribution in [3.8, 4) is 0 Å². The largest absolute Gasteiger partial charge is 0.417 e. The Kier molecular flexibility index (Phi) is 4.36. The van der Waals surface area contributed by atoms with E-state index in [1.807, 2.05) is 5.43 Å². The zero-order chi connectivity index (χ0) is 15.6. The summed E-state index contributed by atoms with van der Waals surface area (Å²) in [5.41, 5.74) is 1.45. The van der Waals surface area contributed by atoms with E-state index in [1.165, 1.54) is 0 Å². The number of halogens is 3. The second-order valence-corrected chi connectivity index (χ2v) is 5.08. The van der Waals surface area contributed by atoms with Gasteiger partial charge in [0.15, 0.2) is 0 Å². The molecule has 2 N–H and O–H groups in total. The number of hydrazine groups is 1. The SMILES string of the molecule is CC(C)(C)C(=O)NNC(=O)c1cnccc1C(F)(F)F. The van der Waals surface area contributed by atoms with Crippen LogP contribution in [0.3, 0.4) is 0 Å². The predicted octanol–water partition coefficient (Wildman–Crippen LogP) is 1.91. The monoisotopic (exact) mass is 289 g/mol. The van der Waals surface area contributed by atoms with E-state index in [-0.39, 0.29) is 0 Å². The molecule has 0 unspecified atom stereocenters. The smallest absolute Gasteiger partial charge is 0.273 e. The number of hydrogen-bond donors (Lipinski definition) is 2. The summed E-state index contributed by atoms with van der Waals surface area (Å²) < 4.78 is 38.1. The number of aromatic nitrogens is 1. The number of nitrogens with one attached hydrogen (secondary N) is 2. The fourth-order valence-corrected chi connectivity index (χ4v) is 1.19. The van der Waals surface area contributed by atoms with Crippen LogP contribution in [0.25, 0.3) is 0 Å². The molecule has 0 bridgehead atoms. The van der Waals surface area contributed by atoms with Gasteiger partial charge in [-0.25, -0.2) is 0 Å². The van der Waals surface area contributed by atoms with Crippen LogP contribution in [-0.2, 0) is 11.0 Å². The summed E-state index contributed by atoms with van der Waals surface area (Å²) in [6, 6.07) is 0.695. The van der Waals surface area contributed by atoms with Gasteiger partial charge >= 0.3 is 6.18 Å². The molecule has 2 amide bonds. The number of alkyl halides is 3. The van der Waals surface area contributed by atoms with Gasteiger partial charge in [0, 0.05) is 17.8 Å². The summed E-state index contributed by atoms with van der Waals surface area (Å²) in [4.78, 5) is 26.7. The van der Waals surface area contributed by atoms with Gasteiger partial charge in [-0.1, -0.05) is 20.8 Å². The zero-order valence-corrected chi connectivity index (χ0v) is 11.1. The lowest BCUT2D eigenvalue weighted by molar-refractivity contribution is -0.138. The second-order valence-electron chi connectivity index (χ2n) is 5.08. The molecule has 0 saturated carbocycles. The highest BCUT2D eigenvalue weighted by Crippen LogP contribution is 2.31. The van der Waals surface area contributed by atoms with Crippen molar-refractivity contribution < 1.29 is 22.8 Å². The molecule has 1 aromatic rings. The number of nitrogens with zero attached hydrogens (tertiary/aromatic N) is 1. The third kappa shape index (κ3) is 3.94. The molecule has 1 aromatic heterocycles. The van der Waals surface area contributed by atoms with E-state index in [4.69, 9.17) is 0 Å². The second kappa shape index (κ2) is 5.48. The van der Waals surface area contributed by atoms with Crippen LogP contribution in [0.5, 0.6) is 0 Å². The number of hydrogen-bond acceptors (Lipinski definition) is 3. The quantitative estimate of drug-likeness (QED) is 0.776. The van der Waals surface area contributed by atoms with Gasteiger partial charge in [0.1, 0.15) is 0 Å². The van der Waals surface area contributed by atoms with Crippen LogP contribution in [0.15, 0.2) is 18.5 Å². The topological polar surface area (TPSA) is 71.1 Å². The number of amides is 2.